The van der Waals surface area contributed by atoms with E-state index < -0.39 is 53.0 Å². The molecule has 0 rings (SSSR count). The van der Waals surface area contributed by atoms with Gasteiger partial charge in [-0.15, -0.1) is 0 Å². The third kappa shape index (κ3) is 4.14. The molecule has 1 unspecified atom stereocenters. The number of nitrogens with two attached hydrogens (primary N) is 2. The standard InChI is InChI=1S/C11H18N2O6S2/c1-4-7(8(10(12)14)20(16,17)5-2)9(11(13)15)21(18,19)6-3/h5,8H,2,4,6H2,1,3H3,(H2,12,14)(H2,13,15). The van der Waals surface area contributed by atoms with Crippen LogP contribution in [0.4, 0.5) is 0 Å². The lowest BCUT2D eigenvalue weighted by molar-refractivity contribution is -0.117. The van der Waals surface area contributed by atoms with Gasteiger partial charge in [-0.3, -0.25) is 9.59 Å². The van der Waals surface area contributed by atoms with Gasteiger partial charge in [-0.25, -0.2) is 16.8 Å². The van der Waals surface area contributed by atoms with Crippen LogP contribution in [0.2, 0.25) is 0 Å². The monoisotopic (exact) mass is 338 g/mol. The number of carbonyl (C=O) groups is 2. The average Bonchev–Trinajstić information content (AvgIpc) is 2.36. The van der Waals surface area contributed by atoms with Crippen LogP contribution in [-0.4, -0.2) is 39.7 Å². The fraction of sp³-hybridized carbons (Fsp3) is 0.455. The van der Waals surface area contributed by atoms with Crippen molar-refractivity contribution in [2.45, 2.75) is 25.5 Å². The van der Waals surface area contributed by atoms with Crippen molar-refractivity contribution in [1.29, 1.82) is 0 Å². The van der Waals surface area contributed by atoms with Gasteiger partial charge >= 0.3 is 0 Å². The van der Waals surface area contributed by atoms with Crippen molar-refractivity contribution in [3.05, 3.63) is 22.5 Å². The highest BCUT2D eigenvalue weighted by Gasteiger charge is 2.37. The molecule has 4 N–H and O–H groups in total. The Balaban J connectivity index is 6.79. The van der Waals surface area contributed by atoms with Crippen molar-refractivity contribution < 1.29 is 26.4 Å². The third-order valence-corrected chi connectivity index (χ3v) is 6.21. The molecule has 0 aliphatic rings. The van der Waals surface area contributed by atoms with Gasteiger partial charge in [0.25, 0.3) is 5.91 Å². The van der Waals surface area contributed by atoms with Crippen LogP contribution in [0.3, 0.4) is 0 Å². The molecule has 0 aliphatic heterocycles. The Morgan fingerprint density at radius 2 is 1.62 bits per heavy atom. The van der Waals surface area contributed by atoms with E-state index in [-0.39, 0.29) is 6.42 Å². The molecule has 0 aromatic carbocycles. The number of hydrogen-bond donors (Lipinski definition) is 2. The maximum absolute atomic E-state index is 12.0. The van der Waals surface area contributed by atoms with E-state index in [4.69, 9.17) is 11.5 Å². The van der Waals surface area contributed by atoms with Gasteiger partial charge in [-0.05, 0) is 12.0 Å². The van der Waals surface area contributed by atoms with Gasteiger partial charge in [-0.1, -0.05) is 20.4 Å². The Hall–Kier alpha value is -1.68. The van der Waals surface area contributed by atoms with E-state index in [1.165, 1.54) is 13.8 Å². The van der Waals surface area contributed by atoms with E-state index in [9.17, 15) is 26.4 Å². The first-order chi connectivity index (χ1) is 9.46. The van der Waals surface area contributed by atoms with Crippen molar-refractivity contribution in [3.63, 3.8) is 0 Å². The Morgan fingerprint density at radius 1 is 1.14 bits per heavy atom. The highest BCUT2D eigenvalue weighted by molar-refractivity contribution is 7.97. The minimum atomic E-state index is -4.26. The van der Waals surface area contributed by atoms with Crippen molar-refractivity contribution in [2.75, 3.05) is 5.75 Å². The van der Waals surface area contributed by atoms with Crippen LogP contribution in [0.5, 0.6) is 0 Å². The number of hydrogen-bond acceptors (Lipinski definition) is 6. The quantitative estimate of drug-likeness (QED) is 0.540. The van der Waals surface area contributed by atoms with Crippen molar-refractivity contribution in [3.8, 4) is 0 Å². The van der Waals surface area contributed by atoms with Gasteiger partial charge in [0.15, 0.2) is 24.9 Å². The van der Waals surface area contributed by atoms with E-state index in [1.807, 2.05) is 0 Å². The summed E-state index contributed by atoms with van der Waals surface area (Å²) in [4.78, 5) is 22.0. The summed E-state index contributed by atoms with van der Waals surface area (Å²) in [6.45, 7) is 5.70. The topological polar surface area (TPSA) is 154 Å². The van der Waals surface area contributed by atoms with Crippen LogP contribution in [0.15, 0.2) is 22.5 Å². The molecule has 0 aromatic rings. The first-order valence-electron chi connectivity index (χ1n) is 5.87. The number of amides is 2. The lowest BCUT2D eigenvalue weighted by Gasteiger charge is -2.18. The van der Waals surface area contributed by atoms with Crippen LogP contribution >= 0.6 is 0 Å². The molecule has 2 amide bonds. The molecule has 21 heavy (non-hydrogen) atoms. The molecule has 120 valence electrons. The lowest BCUT2D eigenvalue weighted by atomic mass is 10.1. The second kappa shape index (κ2) is 6.85. The maximum Gasteiger partial charge on any atom is 0.260 e. The minimum absolute atomic E-state index is 0.210. The van der Waals surface area contributed by atoms with Gasteiger partial charge in [0.2, 0.25) is 5.91 Å². The Kier molecular flexibility index (Phi) is 6.30. The molecule has 0 saturated heterocycles. The molecule has 0 aliphatic carbocycles. The van der Waals surface area contributed by atoms with Gasteiger partial charge in [-0.2, -0.15) is 0 Å². The predicted molar refractivity (Wildman–Crippen MR) is 78.1 cm³/mol. The zero-order chi connectivity index (χ0) is 17.0. The number of carbonyl (C=O) groups excluding carboxylic acids is 2. The van der Waals surface area contributed by atoms with Gasteiger partial charge in [0, 0.05) is 5.41 Å². The third-order valence-electron chi connectivity index (χ3n) is 2.72. The molecule has 10 heteroatoms. The summed E-state index contributed by atoms with van der Waals surface area (Å²) >= 11 is 0. The number of primary amides is 2. The molecule has 0 radical (unpaired) electrons. The second-order valence-corrected chi connectivity index (χ2v) is 8.21. The summed E-state index contributed by atoms with van der Waals surface area (Å²) in [5.74, 6) is -3.12. The Bertz CT molecular complexity index is 688. The Morgan fingerprint density at radius 3 is 1.86 bits per heavy atom. The smallest absolute Gasteiger partial charge is 0.260 e. The van der Waals surface area contributed by atoms with E-state index in [1.54, 1.807) is 0 Å². The molecule has 1 atom stereocenters. The van der Waals surface area contributed by atoms with E-state index in [0.29, 0.717) is 5.41 Å². The molecule has 0 bridgehead atoms. The SMILES string of the molecule is C=CS(=O)(=O)C(C(N)=O)C(CC)=C(C(N)=O)S(=O)(=O)CC. The first-order valence-corrected chi connectivity index (χ1v) is 9.13. The van der Waals surface area contributed by atoms with Crippen molar-refractivity contribution in [2.24, 2.45) is 11.5 Å². The van der Waals surface area contributed by atoms with Crippen molar-refractivity contribution in [1.82, 2.24) is 0 Å². The predicted octanol–water partition coefficient (Wildman–Crippen LogP) is -1.02. The molecule has 0 fully saturated rings. The van der Waals surface area contributed by atoms with Gasteiger partial charge < -0.3 is 11.5 Å². The maximum atomic E-state index is 12.0. The van der Waals surface area contributed by atoms with Crippen LogP contribution in [-0.2, 0) is 29.3 Å². The molecule has 0 aromatic heterocycles. The van der Waals surface area contributed by atoms with Crippen molar-refractivity contribution >= 4 is 31.5 Å². The molecular weight excluding hydrogens is 320 g/mol. The fourth-order valence-electron chi connectivity index (χ4n) is 1.75. The normalized spacial score (nSPS) is 15.0. The molecule has 0 saturated carbocycles. The molecule has 0 spiro atoms. The van der Waals surface area contributed by atoms with Crippen LogP contribution in [0, 0.1) is 0 Å². The average molecular weight is 338 g/mol. The zero-order valence-electron chi connectivity index (χ0n) is 11.7. The van der Waals surface area contributed by atoms with E-state index >= 15 is 0 Å². The highest BCUT2D eigenvalue weighted by Crippen LogP contribution is 2.24. The highest BCUT2D eigenvalue weighted by atomic mass is 32.2. The summed E-state index contributed by atoms with van der Waals surface area (Å²) in [6.07, 6.45) is -0.210. The number of rotatable bonds is 8. The molecular formula is C11H18N2O6S2. The summed E-state index contributed by atoms with van der Waals surface area (Å²) in [6, 6.07) is 0. The Labute approximate surface area is 123 Å². The van der Waals surface area contributed by atoms with Crippen LogP contribution in [0.25, 0.3) is 0 Å². The van der Waals surface area contributed by atoms with E-state index in [0.717, 1.165) is 0 Å². The molecule has 8 nitrogen and oxygen atoms in total. The zero-order valence-corrected chi connectivity index (χ0v) is 13.3. The summed E-state index contributed by atoms with van der Waals surface area (Å²) < 4.78 is 47.7. The summed E-state index contributed by atoms with van der Waals surface area (Å²) in [5.41, 5.74) is 9.65. The van der Waals surface area contributed by atoms with E-state index in [2.05, 4.69) is 6.58 Å². The largest absolute Gasteiger partial charge is 0.368 e. The van der Waals surface area contributed by atoms with Crippen LogP contribution in [0.1, 0.15) is 20.3 Å². The summed E-state index contributed by atoms with van der Waals surface area (Å²) in [5, 5.41) is -1.52. The summed E-state index contributed by atoms with van der Waals surface area (Å²) in [7, 11) is -8.38. The fourth-order valence-corrected chi connectivity index (χ4v) is 4.28. The molecule has 0 heterocycles. The van der Waals surface area contributed by atoms with Crippen LogP contribution < -0.4 is 11.5 Å². The van der Waals surface area contributed by atoms with Gasteiger partial charge in [0.1, 0.15) is 4.91 Å². The lowest BCUT2D eigenvalue weighted by Crippen LogP contribution is -2.39. The van der Waals surface area contributed by atoms with Gasteiger partial charge in [0.05, 0.1) is 5.75 Å². The second-order valence-electron chi connectivity index (χ2n) is 4.01. The first kappa shape index (κ1) is 19.3. The minimum Gasteiger partial charge on any atom is -0.368 e. The number of sulfone groups is 2.